The predicted octanol–water partition coefficient (Wildman–Crippen LogP) is 5.02. The number of hydrogen-bond donors (Lipinski definition) is 3. The molecule has 4 unspecified atom stereocenters. The van der Waals surface area contributed by atoms with Crippen molar-refractivity contribution >= 4 is 36.2 Å². The number of para-hydroxylation sites is 1. The minimum atomic E-state index is -0.985. The monoisotopic (exact) mass is 535 g/mol. The molecule has 2 N–H and O–H groups in total. The van der Waals surface area contributed by atoms with E-state index in [2.05, 4.69) is 29.2 Å². The molecule has 3 rings (SSSR count). The zero-order chi connectivity index (χ0) is 28.2. The number of amides is 3. The van der Waals surface area contributed by atoms with Gasteiger partial charge in [-0.3, -0.25) is 9.59 Å². The number of alkyl carbamates (subject to hydrolysis) is 1. The Morgan fingerprint density at radius 2 is 1.71 bits per heavy atom. The zero-order valence-electron chi connectivity index (χ0n) is 22.9. The summed E-state index contributed by atoms with van der Waals surface area (Å²) in [5.41, 5.74) is 3.09. The molecule has 3 amide bonds. The Balaban J connectivity index is 2.03. The molecule has 0 spiro atoms. The largest absolute Gasteiger partial charge is 0.444 e. The van der Waals surface area contributed by atoms with Crippen LogP contribution in [0.2, 0.25) is 0 Å². The van der Waals surface area contributed by atoms with E-state index in [0.29, 0.717) is 16.8 Å². The molecule has 202 valence electrons. The maximum absolute atomic E-state index is 14.0. The molecule has 1 aliphatic carbocycles. The molecule has 0 saturated heterocycles. The van der Waals surface area contributed by atoms with Crippen molar-refractivity contribution in [3.63, 3.8) is 0 Å². The number of carbonyl (C=O) groups is 3. The lowest BCUT2D eigenvalue weighted by molar-refractivity contribution is -0.141. The highest BCUT2D eigenvalue weighted by molar-refractivity contribution is 7.80. The average Bonchev–Trinajstić information content (AvgIpc) is 3.57. The van der Waals surface area contributed by atoms with E-state index in [9.17, 15) is 14.4 Å². The fourth-order valence-corrected chi connectivity index (χ4v) is 4.64. The standard InChI is InChI=1S/C30H37N3O4S/c1-8-21-12-14-22(15-13-21)26(27(34)32-25-18(2)10-9-11-19(25)3)33(24-16-20(24)4)28(35)23(17-38)31-29(36)37-30(5,6)7/h1,9-15,20,23-24,26,38H,16-17H2,2-7H3,(H,31,36)(H,32,34). The smallest absolute Gasteiger partial charge is 0.408 e. The van der Waals surface area contributed by atoms with E-state index in [0.717, 1.165) is 17.5 Å². The second-order valence-corrected chi connectivity index (χ2v) is 11.2. The number of nitrogens with one attached hydrogen (secondary N) is 2. The Morgan fingerprint density at radius 1 is 1.13 bits per heavy atom. The Hall–Kier alpha value is -3.44. The maximum Gasteiger partial charge on any atom is 0.408 e. The van der Waals surface area contributed by atoms with Crippen molar-refractivity contribution in [1.29, 1.82) is 0 Å². The molecule has 4 atom stereocenters. The van der Waals surface area contributed by atoms with Crippen molar-refractivity contribution in [2.24, 2.45) is 5.92 Å². The third-order valence-corrected chi connectivity index (χ3v) is 6.86. The first kappa shape index (κ1) is 29.1. The van der Waals surface area contributed by atoms with Crippen LogP contribution in [0.3, 0.4) is 0 Å². The molecular formula is C30H37N3O4S. The maximum atomic E-state index is 14.0. The summed E-state index contributed by atoms with van der Waals surface area (Å²) in [5.74, 6) is 2.07. The molecule has 0 heterocycles. The van der Waals surface area contributed by atoms with Gasteiger partial charge < -0.3 is 20.3 Å². The topological polar surface area (TPSA) is 87.7 Å². The lowest BCUT2D eigenvalue weighted by Crippen LogP contribution is -2.54. The number of terminal acetylenes is 1. The van der Waals surface area contributed by atoms with Crippen LogP contribution in [0.25, 0.3) is 0 Å². The van der Waals surface area contributed by atoms with Crippen LogP contribution >= 0.6 is 12.6 Å². The molecule has 2 aromatic rings. The normalized spacial score (nSPS) is 17.9. The van der Waals surface area contributed by atoms with Gasteiger partial charge in [0.15, 0.2) is 0 Å². The molecule has 0 bridgehead atoms. The lowest BCUT2D eigenvalue weighted by atomic mass is 10.00. The second kappa shape index (κ2) is 12.0. The molecule has 1 saturated carbocycles. The van der Waals surface area contributed by atoms with Crippen molar-refractivity contribution in [2.75, 3.05) is 11.1 Å². The first-order valence-corrected chi connectivity index (χ1v) is 13.4. The zero-order valence-corrected chi connectivity index (χ0v) is 23.8. The van der Waals surface area contributed by atoms with Crippen molar-refractivity contribution in [3.05, 3.63) is 64.7 Å². The van der Waals surface area contributed by atoms with Crippen molar-refractivity contribution in [2.45, 2.75) is 71.7 Å². The average molecular weight is 536 g/mol. The van der Waals surface area contributed by atoms with Crippen LogP contribution in [0, 0.1) is 32.1 Å². The van der Waals surface area contributed by atoms with Crippen LogP contribution in [0.15, 0.2) is 42.5 Å². The van der Waals surface area contributed by atoms with Gasteiger partial charge >= 0.3 is 6.09 Å². The first-order valence-electron chi connectivity index (χ1n) is 12.7. The summed E-state index contributed by atoms with van der Waals surface area (Å²) in [7, 11) is 0. The van der Waals surface area contributed by atoms with Gasteiger partial charge in [0.2, 0.25) is 5.91 Å². The van der Waals surface area contributed by atoms with Gasteiger partial charge in [0.1, 0.15) is 17.7 Å². The number of carbonyl (C=O) groups excluding carboxylic acids is 3. The Labute approximate surface area is 231 Å². The van der Waals surface area contributed by atoms with Crippen LogP contribution in [0.1, 0.15) is 62.4 Å². The fourth-order valence-electron chi connectivity index (χ4n) is 4.39. The summed E-state index contributed by atoms with van der Waals surface area (Å²) < 4.78 is 5.37. The van der Waals surface area contributed by atoms with E-state index < -0.39 is 29.7 Å². The van der Waals surface area contributed by atoms with Gasteiger partial charge in [-0.25, -0.2) is 4.79 Å². The minimum Gasteiger partial charge on any atom is -0.444 e. The van der Waals surface area contributed by atoms with Crippen LogP contribution in [-0.4, -0.2) is 46.2 Å². The highest BCUT2D eigenvalue weighted by Gasteiger charge is 2.48. The first-order chi connectivity index (χ1) is 17.9. The van der Waals surface area contributed by atoms with E-state index in [-0.39, 0.29) is 23.6 Å². The second-order valence-electron chi connectivity index (χ2n) is 10.8. The van der Waals surface area contributed by atoms with E-state index in [1.165, 1.54) is 0 Å². The van der Waals surface area contributed by atoms with Gasteiger partial charge in [0.05, 0.1) is 0 Å². The number of aryl methyl sites for hydroxylation is 2. The third-order valence-electron chi connectivity index (χ3n) is 6.50. The predicted molar refractivity (Wildman–Crippen MR) is 153 cm³/mol. The number of hydrogen-bond acceptors (Lipinski definition) is 5. The van der Waals surface area contributed by atoms with Crippen LogP contribution in [-0.2, 0) is 14.3 Å². The number of nitrogens with zero attached hydrogens (tertiary/aromatic N) is 1. The highest BCUT2D eigenvalue weighted by Crippen LogP contribution is 2.41. The summed E-state index contributed by atoms with van der Waals surface area (Å²) in [5, 5.41) is 5.71. The fraction of sp³-hybridized carbons (Fsp3) is 0.433. The number of thiol groups is 1. The van der Waals surface area contributed by atoms with Crippen LogP contribution < -0.4 is 10.6 Å². The molecule has 2 aromatic carbocycles. The molecule has 7 nitrogen and oxygen atoms in total. The van der Waals surface area contributed by atoms with Crippen LogP contribution in [0.4, 0.5) is 10.5 Å². The summed E-state index contributed by atoms with van der Waals surface area (Å²) in [6.45, 7) is 11.1. The Morgan fingerprint density at radius 3 is 2.18 bits per heavy atom. The van der Waals surface area contributed by atoms with E-state index in [1.807, 2.05) is 39.0 Å². The van der Waals surface area contributed by atoms with Gasteiger partial charge in [-0.1, -0.05) is 43.2 Å². The molecular weight excluding hydrogens is 498 g/mol. The number of benzene rings is 2. The number of rotatable bonds is 8. The molecule has 38 heavy (non-hydrogen) atoms. The molecule has 0 aliphatic heterocycles. The summed E-state index contributed by atoms with van der Waals surface area (Å²) >= 11 is 4.35. The van der Waals surface area contributed by atoms with Gasteiger partial charge in [-0.2, -0.15) is 12.6 Å². The van der Waals surface area contributed by atoms with Gasteiger partial charge in [-0.15, -0.1) is 6.42 Å². The lowest BCUT2D eigenvalue weighted by Gasteiger charge is -2.35. The number of anilines is 1. The van der Waals surface area contributed by atoms with Gasteiger partial charge in [0.25, 0.3) is 5.91 Å². The quantitative estimate of drug-likeness (QED) is 0.327. The molecule has 0 radical (unpaired) electrons. The molecule has 8 heteroatoms. The molecule has 0 aromatic heterocycles. The summed E-state index contributed by atoms with van der Waals surface area (Å²) in [6.07, 6.45) is 5.57. The van der Waals surface area contributed by atoms with E-state index >= 15 is 0 Å². The van der Waals surface area contributed by atoms with E-state index in [4.69, 9.17) is 11.2 Å². The van der Waals surface area contributed by atoms with Crippen LogP contribution in [0.5, 0.6) is 0 Å². The Bertz CT molecular complexity index is 1210. The number of ether oxygens (including phenoxy) is 1. The van der Waals surface area contributed by atoms with Crippen molar-refractivity contribution in [3.8, 4) is 12.3 Å². The van der Waals surface area contributed by atoms with Gasteiger partial charge in [0, 0.05) is 23.0 Å². The SMILES string of the molecule is C#Cc1ccc(C(C(=O)Nc2c(C)cccc2C)N(C(=O)C(CS)NC(=O)OC(C)(C)C)C2CC2C)cc1. The molecule has 1 fully saturated rings. The van der Waals surface area contributed by atoms with Crippen molar-refractivity contribution < 1.29 is 19.1 Å². The van der Waals surface area contributed by atoms with E-state index in [1.54, 1.807) is 49.9 Å². The molecule has 1 aliphatic rings. The van der Waals surface area contributed by atoms with Gasteiger partial charge in [-0.05, 0) is 75.8 Å². The summed E-state index contributed by atoms with van der Waals surface area (Å²) in [4.78, 5) is 42.1. The minimum absolute atomic E-state index is 0.0386. The van der Waals surface area contributed by atoms with Crippen molar-refractivity contribution in [1.82, 2.24) is 10.2 Å². The Kier molecular flexibility index (Phi) is 9.16. The third kappa shape index (κ3) is 7.11. The highest BCUT2D eigenvalue weighted by atomic mass is 32.1. The summed E-state index contributed by atoms with van der Waals surface area (Å²) in [6, 6.07) is 10.7.